The summed E-state index contributed by atoms with van der Waals surface area (Å²) in [5.41, 5.74) is 5.09. The molecule has 0 saturated heterocycles. The van der Waals surface area contributed by atoms with Crippen LogP contribution < -0.4 is 11.3 Å². The average molecular weight is 245 g/mol. The maximum Gasteiger partial charge on any atom is 0.143 e. The second kappa shape index (κ2) is 6.27. The molecule has 0 radical (unpaired) electrons. The molecule has 0 aliphatic heterocycles. The molecule has 0 amide bonds. The first-order valence-corrected chi connectivity index (χ1v) is 6.58. The maximum absolute atomic E-state index is 5.41. The SMILES string of the molecule is NNc1ncccc1CSCc1ccccc1. The van der Waals surface area contributed by atoms with E-state index in [1.165, 1.54) is 5.56 Å². The molecule has 1 heterocycles. The van der Waals surface area contributed by atoms with Gasteiger partial charge >= 0.3 is 0 Å². The second-order valence-corrected chi connectivity index (χ2v) is 4.62. The highest BCUT2D eigenvalue weighted by Gasteiger charge is 2.01. The molecule has 2 aromatic rings. The summed E-state index contributed by atoms with van der Waals surface area (Å²) in [6.45, 7) is 0. The summed E-state index contributed by atoms with van der Waals surface area (Å²) in [5, 5.41) is 0. The van der Waals surface area contributed by atoms with Crippen molar-refractivity contribution in [2.24, 2.45) is 5.84 Å². The summed E-state index contributed by atoms with van der Waals surface area (Å²) in [4.78, 5) is 4.17. The zero-order chi connectivity index (χ0) is 11.9. The summed E-state index contributed by atoms with van der Waals surface area (Å²) in [5.74, 6) is 8.07. The fourth-order valence-corrected chi connectivity index (χ4v) is 2.52. The highest BCUT2D eigenvalue weighted by atomic mass is 32.2. The second-order valence-electron chi connectivity index (χ2n) is 3.63. The summed E-state index contributed by atoms with van der Waals surface area (Å²) in [7, 11) is 0. The number of thioether (sulfide) groups is 1. The number of aromatic nitrogens is 1. The zero-order valence-electron chi connectivity index (χ0n) is 9.47. The number of nitrogens with zero attached hydrogens (tertiary/aromatic N) is 1. The summed E-state index contributed by atoms with van der Waals surface area (Å²) < 4.78 is 0. The lowest BCUT2D eigenvalue weighted by Crippen LogP contribution is -2.10. The van der Waals surface area contributed by atoms with Crippen molar-refractivity contribution in [3.8, 4) is 0 Å². The topological polar surface area (TPSA) is 50.9 Å². The van der Waals surface area contributed by atoms with Crippen LogP contribution in [-0.4, -0.2) is 4.98 Å². The van der Waals surface area contributed by atoms with E-state index in [4.69, 9.17) is 5.84 Å². The third-order valence-electron chi connectivity index (χ3n) is 2.40. The molecule has 0 saturated carbocycles. The highest BCUT2D eigenvalue weighted by molar-refractivity contribution is 7.97. The van der Waals surface area contributed by atoms with Crippen LogP contribution >= 0.6 is 11.8 Å². The number of anilines is 1. The van der Waals surface area contributed by atoms with E-state index in [1.807, 2.05) is 30.0 Å². The molecule has 4 heteroatoms. The van der Waals surface area contributed by atoms with Crippen molar-refractivity contribution in [1.82, 2.24) is 4.98 Å². The smallest absolute Gasteiger partial charge is 0.143 e. The Kier molecular flexibility index (Phi) is 4.41. The number of hydrogen-bond acceptors (Lipinski definition) is 4. The van der Waals surface area contributed by atoms with E-state index in [0.29, 0.717) is 0 Å². The number of rotatable bonds is 5. The zero-order valence-corrected chi connectivity index (χ0v) is 10.3. The number of benzene rings is 1. The monoisotopic (exact) mass is 245 g/mol. The van der Waals surface area contributed by atoms with E-state index in [-0.39, 0.29) is 0 Å². The van der Waals surface area contributed by atoms with Crippen LogP contribution in [0.25, 0.3) is 0 Å². The summed E-state index contributed by atoms with van der Waals surface area (Å²) in [6, 6.07) is 14.4. The van der Waals surface area contributed by atoms with Crippen LogP contribution in [0.5, 0.6) is 0 Å². The van der Waals surface area contributed by atoms with Gasteiger partial charge in [-0.1, -0.05) is 36.4 Å². The van der Waals surface area contributed by atoms with Crippen molar-refractivity contribution in [3.63, 3.8) is 0 Å². The van der Waals surface area contributed by atoms with E-state index in [1.54, 1.807) is 6.20 Å². The standard InChI is InChI=1S/C13H15N3S/c14-16-13-12(7-4-8-15-13)10-17-9-11-5-2-1-3-6-11/h1-8H,9-10,14H2,(H,15,16). The number of nitrogens with two attached hydrogens (primary N) is 1. The summed E-state index contributed by atoms with van der Waals surface area (Å²) in [6.07, 6.45) is 1.74. The normalized spacial score (nSPS) is 10.2. The minimum atomic E-state index is 0.757. The first kappa shape index (κ1) is 12.0. The lowest BCUT2D eigenvalue weighted by atomic mass is 10.2. The molecule has 1 aromatic heterocycles. The highest BCUT2D eigenvalue weighted by Crippen LogP contribution is 2.21. The van der Waals surface area contributed by atoms with Gasteiger partial charge in [-0.05, 0) is 11.6 Å². The molecule has 2 rings (SSSR count). The first-order valence-electron chi connectivity index (χ1n) is 5.42. The molecule has 3 N–H and O–H groups in total. The fraction of sp³-hybridized carbons (Fsp3) is 0.154. The minimum absolute atomic E-state index is 0.757. The van der Waals surface area contributed by atoms with Crippen LogP contribution in [0.3, 0.4) is 0 Å². The van der Waals surface area contributed by atoms with Gasteiger partial charge in [-0.15, -0.1) is 0 Å². The van der Waals surface area contributed by atoms with Gasteiger partial charge in [0.2, 0.25) is 0 Å². The van der Waals surface area contributed by atoms with Gasteiger partial charge in [0.05, 0.1) is 0 Å². The first-order chi connectivity index (χ1) is 8.40. The Morgan fingerprint density at radius 2 is 1.88 bits per heavy atom. The van der Waals surface area contributed by atoms with E-state index in [2.05, 4.69) is 34.7 Å². The predicted octanol–water partition coefficient (Wildman–Crippen LogP) is 2.80. The van der Waals surface area contributed by atoms with Crippen molar-refractivity contribution in [2.75, 3.05) is 5.43 Å². The largest absolute Gasteiger partial charge is 0.308 e. The van der Waals surface area contributed by atoms with Crippen LogP contribution in [0.1, 0.15) is 11.1 Å². The molecule has 3 nitrogen and oxygen atoms in total. The van der Waals surface area contributed by atoms with Crippen molar-refractivity contribution in [1.29, 1.82) is 0 Å². The average Bonchev–Trinajstić information content (AvgIpc) is 2.40. The third kappa shape index (κ3) is 3.47. The van der Waals surface area contributed by atoms with Crippen LogP contribution in [0.15, 0.2) is 48.7 Å². The van der Waals surface area contributed by atoms with Gasteiger partial charge in [0.25, 0.3) is 0 Å². The quantitative estimate of drug-likeness (QED) is 0.628. The summed E-state index contributed by atoms with van der Waals surface area (Å²) >= 11 is 1.85. The molecule has 1 aromatic carbocycles. The Hall–Kier alpha value is -1.52. The number of hydrogen-bond donors (Lipinski definition) is 2. The van der Waals surface area contributed by atoms with E-state index >= 15 is 0 Å². The molecule has 0 spiro atoms. The number of nitrogens with one attached hydrogen (secondary N) is 1. The molecule has 0 aliphatic rings. The Morgan fingerprint density at radius 3 is 2.65 bits per heavy atom. The molecule has 88 valence electrons. The van der Waals surface area contributed by atoms with Crippen molar-refractivity contribution in [2.45, 2.75) is 11.5 Å². The van der Waals surface area contributed by atoms with Gasteiger partial charge in [0.15, 0.2) is 0 Å². The van der Waals surface area contributed by atoms with Gasteiger partial charge in [-0.3, -0.25) is 0 Å². The lowest BCUT2D eigenvalue weighted by Gasteiger charge is -2.07. The van der Waals surface area contributed by atoms with Crippen LogP contribution in [0.4, 0.5) is 5.82 Å². The van der Waals surface area contributed by atoms with Crippen LogP contribution in [0, 0.1) is 0 Å². The van der Waals surface area contributed by atoms with Gasteiger partial charge in [-0.2, -0.15) is 11.8 Å². The van der Waals surface area contributed by atoms with Crippen molar-refractivity contribution >= 4 is 17.6 Å². The number of nitrogen functional groups attached to an aromatic ring is 1. The Labute approximate surface area is 105 Å². The lowest BCUT2D eigenvalue weighted by molar-refractivity contribution is 1.18. The molecular formula is C13H15N3S. The Morgan fingerprint density at radius 1 is 1.06 bits per heavy atom. The molecule has 17 heavy (non-hydrogen) atoms. The Balaban J connectivity index is 1.90. The molecule has 0 aliphatic carbocycles. The van der Waals surface area contributed by atoms with Gasteiger partial charge in [-0.25, -0.2) is 10.8 Å². The van der Waals surface area contributed by atoms with E-state index in [9.17, 15) is 0 Å². The molecule has 0 fully saturated rings. The van der Waals surface area contributed by atoms with Crippen LogP contribution in [0.2, 0.25) is 0 Å². The van der Waals surface area contributed by atoms with Gasteiger partial charge < -0.3 is 5.43 Å². The number of hydrazine groups is 1. The van der Waals surface area contributed by atoms with E-state index in [0.717, 1.165) is 22.9 Å². The fourth-order valence-electron chi connectivity index (χ4n) is 1.54. The van der Waals surface area contributed by atoms with Crippen molar-refractivity contribution in [3.05, 3.63) is 59.8 Å². The molecular weight excluding hydrogens is 230 g/mol. The predicted molar refractivity (Wildman–Crippen MR) is 73.5 cm³/mol. The molecule has 0 bridgehead atoms. The molecule has 0 unspecified atom stereocenters. The molecule has 0 atom stereocenters. The van der Waals surface area contributed by atoms with Crippen LogP contribution in [-0.2, 0) is 11.5 Å². The van der Waals surface area contributed by atoms with Gasteiger partial charge in [0, 0.05) is 23.3 Å². The number of pyridine rings is 1. The van der Waals surface area contributed by atoms with Crippen molar-refractivity contribution < 1.29 is 0 Å². The Bertz CT molecular complexity index is 459. The maximum atomic E-state index is 5.41. The minimum Gasteiger partial charge on any atom is -0.308 e. The van der Waals surface area contributed by atoms with E-state index < -0.39 is 0 Å². The third-order valence-corrected chi connectivity index (χ3v) is 3.45. The van der Waals surface area contributed by atoms with Gasteiger partial charge in [0.1, 0.15) is 5.82 Å².